The lowest BCUT2D eigenvalue weighted by molar-refractivity contribution is -0.187. The fourth-order valence-corrected chi connectivity index (χ4v) is 5.50. The molecule has 0 spiro atoms. The lowest BCUT2D eigenvalue weighted by Crippen LogP contribution is -2.52. The molecule has 1 aromatic heterocycles. The van der Waals surface area contributed by atoms with E-state index < -0.39 is 29.7 Å². The minimum absolute atomic E-state index is 0.216. The number of hydrogen-bond donors (Lipinski definition) is 0. The molecule has 9 nitrogen and oxygen atoms in total. The molecule has 0 amide bonds. The zero-order chi connectivity index (χ0) is 28.9. The Kier molecular flexibility index (Phi) is 6.95. The number of carbonyl (C=O) groups excluding carboxylic acids is 2. The Morgan fingerprint density at radius 3 is 2.30 bits per heavy atom. The molecule has 2 atom stereocenters. The Bertz CT molecular complexity index is 1720. The highest BCUT2D eigenvalue weighted by atomic mass is 16.6. The van der Waals surface area contributed by atoms with Crippen LogP contribution in [0, 0.1) is 0 Å². The molecule has 0 saturated heterocycles. The van der Waals surface area contributed by atoms with Crippen LogP contribution in [0.1, 0.15) is 39.4 Å². The molecule has 0 aliphatic carbocycles. The van der Waals surface area contributed by atoms with Crippen LogP contribution in [0.2, 0.25) is 0 Å². The number of aromatic nitrogens is 1. The van der Waals surface area contributed by atoms with E-state index in [-0.39, 0.29) is 5.43 Å². The lowest BCUT2D eigenvalue weighted by atomic mass is 9.86. The first-order chi connectivity index (χ1) is 18.9. The number of likely N-dealkylation sites (N-methyl/N-ethyl adjacent to an activating group) is 1. The van der Waals surface area contributed by atoms with E-state index >= 15 is 0 Å². The van der Waals surface area contributed by atoms with Crippen LogP contribution in [-0.2, 0) is 26.1 Å². The number of pyridine rings is 1. The summed E-state index contributed by atoms with van der Waals surface area (Å²) in [5.41, 5.74) is 0.361. The van der Waals surface area contributed by atoms with Crippen molar-refractivity contribution < 1.29 is 28.5 Å². The molecule has 0 N–H and O–H groups in total. The fourth-order valence-electron chi connectivity index (χ4n) is 5.50. The van der Waals surface area contributed by atoms with Crippen LogP contribution in [0.3, 0.4) is 0 Å². The standard InChI is InChI=1S/C31H34N2O7/c1-17(34)38-29-26-24(40-31(3,4)30(29)39-18(2)35)16-23(37-13-12-32(5)6)25-27(26)33(7)22-15-20-11-9-8-10-19(20)14-21(22)28(25)36/h8-11,14-16,29-30H,12-13H2,1-7H3/t29-,30-/m0/s1. The average Bonchev–Trinajstić information content (AvgIpc) is 2.87. The normalized spacial score (nSPS) is 18.0. The van der Waals surface area contributed by atoms with Gasteiger partial charge in [-0.2, -0.15) is 0 Å². The second-order valence-corrected chi connectivity index (χ2v) is 11.0. The van der Waals surface area contributed by atoms with Gasteiger partial charge < -0.3 is 28.4 Å². The number of nitrogens with zero attached hydrogens (tertiary/aromatic N) is 2. The van der Waals surface area contributed by atoms with Gasteiger partial charge in [0.1, 0.15) is 23.7 Å². The number of esters is 2. The second-order valence-electron chi connectivity index (χ2n) is 11.0. The third-order valence-corrected chi connectivity index (χ3v) is 7.30. The van der Waals surface area contributed by atoms with Crippen LogP contribution >= 0.6 is 0 Å². The summed E-state index contributed by atoms with van der Waals surface area (Å²) in [5.74, 6) is -0.334. The monoisotopic (exact) mass is 546 g/mol. The summed E-state index contributed by atoms with van der Waals surface area (Å²) in [5, 5.41) is 2.79. The van der Waals surface area contributed by atoms with Gasteiger partial charge in [0.2, 0.25) is 5.43 Å². The van der Waals surface area contributed by atoms with Gasteiger partial charge in [-0.15, -0.1) is 0 Å². The first kappa shape index (κ1) is 27.5. The maximum atomic E-state index is 14.3. The van der Waals surface area contributed by atoms with Gasteiger partial charge in [0.25, 0.3) is 0 Å². The topological polar surface area (TPSA) is 96.3 Å². The summed E-state index contributed by atoms with van der Waals surface area (Å²) >= 11 is 0. The molecule has 5 rings (SSSR count). The summed E-state index contributed by atoms with van der Waals surface area (Å²) < 4.78 is 26.1. The second kappa shape index (κ2) is 10.1. The number of hydrogen-bond acceptors (Lipinski definition) is 8. The first-order valence-electron chi connectivity index (χ1n) is 13.2. The van der Waals surface area contributed by atoms with Crippen molar-refractivity contribution in [2.45, 2.75) is 45.5 Å². The van der Waals surface area contributed by atoms with Crippen LogP contribution in [0.4, 0.5) is 0 Å². The van der Waals surface area contributed by atoms with Crippen molar-refractivity contribution >= 4 is 44.5 Å². The van der Waals surface area contributed by atoms with E-state index in [4.69, 9.17) is 18.9 Å². The van der Waals surface area contributed by atoms with E-state index in [1.165, 1.54) is 13.8 Å². The van der Waals surface area contributed by atoms with E-state index in [1.54, 1.807) is 19.9 Å². The van der Waals surface area contributed by atoms with Crippen molar-refractivity contribution in [3.8, 4) is 11.5 Å². The van der Waals surface area contributed by atoms with Gasteiger partial charge in [-0.05, 0) is 50.8 Å². The fraction of sp³-hybridized carbons (Fsp3) is 0.387. The Labute approximate surface area is 232 Å². The molecular weight excluding hydrogens is 512 g/mol. The Morgan fingerprint density at radius 1 is 1.02 bits per heavy atom. The predicted molar refractivity (Wildman–Crippen MR) is 153 cm³/mol. The van der Waals surface area contributed by atoms with Gasteiger partial charge in [-0.25, -0.2) is 0 Å². The zero-order valence-corrected chi connectivity index (χ0v) is 23.9. The van der Waals surface area contributed by atoms with Crippen molar-refractivity contribution in [1.82, 2.24) is 9.47 Å². The van der Waals surface area contributed by atoms with Crippen LogP contribution in [-0.4, -0.2) is 60.4 Å². The highest BCUT2D eigenvalue weighted by molar-refractivity contribution is 6.04. The van der Waals surface area contributed by atoms with E-state index in [0.717, 1.165) is 10.8 Å². The van der Waals surface area contributed by atoms with Gasteiger partial charge in [-0.3, -0.25) is 14.4 Å². The van der Waals surface area contributed by atoms with E-state index in [1.807, 2.05) is 67.0 Å². The number of benzene rings is 3. The quantitative estimate of drug-likeness (QED) is 0.258. The van der Waals surface area contributed by atoms with Crippen molar-refractivity contribution in [1.29, 1.82) is 0 Å². The molecule has 0 radical (unpaired) electrons. The van der Waals surface area contributed by atoms with Gasteiger partial charge in [0.05, 0.1) is 22.0 Å². The van der Waals surface area contributed by atoms with Gasteiger partial charge in [-0.1, -0.05) is 24.3 Å². The molecule has 0 fully saturated rings. The summed E-state index contributed by atoms with van der Waals surface area (Å²) in [4.78, 5) is 40.8. The predicted octanol–water partition coefficient (Wildman–Crippen LogP) is 4.49. The Morgan fingerprint density at radius 2 is 1.68 bits per heavy atom. The Hall–Kier alpha value is -4.11. The van der Waals surface area contributed by atoms with E-state index in [0.29, 0.717) is 52.0 Å². The third-order valence-electron chi connectivity index (χ3n) is 7.30. The van der Waals surface area contributed by atoms with E-state index in [9.17, 15) is 14.4 Å². The maximum Gasteiger partial charge on any atom is 0.303 e. The number of carbonyl (C=O) groups is 2. The minimum Gasteiger partial charge on any atom is -0.491 e. The molecule has 0 bridgehead atoms. The molecule has 1 aliphatic heterocycles. The third kappa shape index (κ3) is 4.75. The van der Waals surface area contributed by atoms with Crippen LogP contribution in [0.15, 0.2) is 47.3 Å². The highest BCUT2D eigenvalue weighted by Gasteiger charge is 2.50. The lowest BCUT2D eigenvalue weighted by Gasteiger charge is -2.43. The smallest absolute Gasteiger partial charge is 0.303 e. The summed E-state index contributed by atoms with van der Waals surface area (Å²) in [6.07, 6.45) is -1.99. The molecule has 3 aromatic carbocycles. The molecular formula is C31H34N2O7. The first-order valence-corrected chi connectivity index (χ1v) is 13.2. The zero-order valence-electron chi connectivity index (χ0n) is 23.9. The average molecular weight is 547 g/mol. The van der Waals surface area contributed by atoms with Crippen LogP contribution in [0.25, 0.3) is 32.6 Å². The summed E-state index contributed by atoms with van der Waals surface area (Å²) in [6.45, 7) is 7.10. The highest BCUT2D eigenvalue weighted by Crippen LogP contribution is 2.49. The molecule has 0 saturated carbocycles. The van der Waals surface area contributed by atoms with Gasteiger partial charge in [0, 0.05) is 38.9 Å². The molecule has 9 heteroatoms. The number of fused-ring (bicyclic) bond motifs is 5. The molecule has 4 aromatic rings. The van der Waals surface area contributed by atoms with Gasteiger partial charge >= 0.3 is 11.9 Å². The molecule has 210 valence electrons. The number of rotatable bonds is 6. The van der Waals surface area contributed by atoms with Crippen LogP contribution in [0.5, 0.6) is 11.5 Å². The van der Waals surface area contributed by atoms with Crippen molar-refractivity contribution in [2.24, 2.45) is 7.05 Å². The van der Waals surface area contributed by atoms with E-state index in [2.05, 4.69) is 0 Å². The maximum absolute atomic E-state index is 14.3. The molecule has 1 aliphatic rings. The summed E-state index contributed by atoms with van der Waals surface area (Å²) in [7, 11) is 5.74. The van der Waals surface area contributed by atoms with Crippen molar-refractivity contribution in [3.63, 3.8) is 0 Å². The van der Waals surface area contributed by atoms with Gasteiger partial charge in [0.15, 0.2) is 12.2 Å². The van der Waals surface area contributed by atoms with Crippen molar-refractivity contribution in [3.05, 3.63) is 58.3 Å². The SMILES string of the molecule is CC(=O)O[C@H]1c2c(cc(OCCN(C)C)c3c(=O)c4cc5ccccc5cc4n(C)c23)OC(C)(C)[C@H]1OC(C)=O. The number of aryl methyl sites for hydroxylation is 1. The van der Waals surface area contributed by atoms with Crippen LogP contribution < -0.4 is 14.9 Å². The molecule has 2 heterocycles. The molecule has 0 unspecified atom stereocenters. The summed E-state index contributed by atoms with van der Waals surface area (Å²) in [6, 6.07) is 13.4. The Balaban J connectivity index is 1.91. The minimum atomic E-state index is -1.06. The number of ether oxygens (including phenoxy) is 4. The molecule has 40 heavy (non-hydrogen) atoms. The van der Waals surface area contributed by atoms with Crippen molar-refractivity contribution in [2.75, 3.05) is 27.2 Å². The largest absolute Gasteiger partial charge is 0.491 e.